The van der Waals surface area contributed by atoms with Gasteiger partial charge in [-0.1, -0.05) is 17.7 Å². The Hall–Kier alpha value is -0.730. The van der Waals surface area contributed by atoms with Gasteiger partial charge in [-0.3, -0.25) is 9.69 Å². The number of aryl methyl sites for hydroxylation is 1. The molecule has 0 aliphatic carbocycles. The van der Waals surface area contributed by atoms with E-state index in [1.807, 2.05) is 19.1 Å². The molecule has 0 N–H and O–H groups in total. The minimum Gasteiger partial charge on any atom is -0.285 e. The van der Waals surface area contributed by atoms with Crippen molar-refractivity contribution in [2.24, 2.45) is 0 Å². The number of nitrogens with zero attached hydrogens (tertiary/aromatic N) is 1. The molecule has 13 heavy (non-hydrogen) atoms. The highest BCUT2D eigenvalue weighted by Crippen LogP contribution is 2.17. The molecule has 1 aromatic carbocycles. The maximum absolute atomic E-state index is 10.9. The Morgan fingerprint density at radius 3 is 2.31 bits per heavy atom. The fraction of sp³-hybridized carbons (Fsp3) is 0.222. The van der Waals surface area contributed by atoms with E-state index in [0.717, 1.165) is 5.56 Å². The molecule has 0 heterocycles. The number of amides is 1. The molecule has 0 unspecified atom stereocenters. The fourth-order valence-electron chi connectivity index (χ4n) is 0.942. The van der Waals surface area contributed by atoms with Gasteiger partial charge >= 0.3 is 5.37 Å². The lowest BCUT2D eigenvalue weighted by molar-refractivity contribution is 0.265. The van der Waals surface area contributed by atoms with Crippen LogP contribution in [0.1, 0.15) is 5.56 Å². The molecule has 0 fully saturated rings. The highest BCUT2D eigenvalue weighted by atomic mass is 35.5. The third kappa shape index (κ3) is 2.61. The molecule has 70 valence electrons. The van der Waals surface area contributed by atoms with Gasteiger partial charge in [-0.2, -0.15) is 0 Å². The van der Waals surface area contributed by atoms with Crippen LogP contribution >= 0.6 is 23.2 Å². The van der Waals surface area contributed by atoms with E-state index >= 15 is 0 Å². The van der Waals surface area contributed by atoms with Gasteiger partial charge in [0.2, 0.25) is 0 Å². The molecular weight excluding hydrogens is 209 g/mol. The average Bonchev–Trinajstić information content (AvgIpc) is 2.09. The topological polar surface area (TPSA) is 20.3 Å². The summed E-state index contributed by atoms with van der Waals surface area (Å²) in [5.41, 5.74) is 1.83. The van der Waals surface area contributed by atoms with Crippen molar-refractivity contribution >= 4 is 34.3 Å². The minimum absolute atomic E-state index is 0.0609. The first kappa shape index (κ1) is 10.4. The second kappa shape index (κ2) is 4.49. The van der Waals surface area contributed by atoms with E-state index in [1.165, 1.54) is 4.90 Å². The molecule has 0 spiro atoms. The lowest BCUT2D eigenvalue weighted by atomic mass is 10.2. The van der Waals surface area contributed by atoms with Crippen LogP contribution in [0.15, 0.2) is 24.3 Å². The van der Waals surface area contributed by atoms with Crippen molar-refractivity contribution in [2.75, 3.05) is 10.9 Å². The Labute approximate surface area is 87.1 Å². The summed E-state index contributed by atoms with van der Waals surface area (Å²) in [6.45, 7) is 1.97. The van der Waals surface area contributed by atoms with Gasteiger partial charge in [0.15, 0.2) is 0 Å². The van der Waals surface area contributed by atoms with Crippen LogP contribution in [0, 0.1) is 6.92 Å². The summed E-state index contributed by atoms with van der Waals surface area (Å²) in [5, 5.41) is -0.571. The molecule has 2 nitrogen and oxygen atoms in total. The molecule has 1 amide bonds. The molecule has 0 saturated carbocycles. The summed E-state index contributed by atoms with van der Waals surface area (Å²) in [7, 11) is 0. The summed E-state index contributed by atoms with van der Waals surface area (Å²) in [5.74, 6) is 0. The number of carbonyl (C=O) groups is 1. The van der Waals surface area contributed by atoms with E-state index in [2.05, 4.69) is 0 Å². The Kier molecular flexibility index (Phi) is 3.58. The second-order valence-electron chi connectivity index (χ2n) is 2.64. The zero-order valence-corrected chi connectivity index (χ0v) is 8.64. The van der Waals surface area contributed by atoms with Gasteiger partial charge in [0.25, 0.3) is 0 Å². The summed E-state index contributed by atoms with van der Waals surface area (Å²) in [6, 6.07) is 7.46. The van der Waals surface area contributed by atoms with Crippen molar-refractivity contribution in [2.45, 2.75) is 6.92 Å². The third-order valence-corrected chi connectivity index (χ3v) is 2.12. The van der Waals surface area contributed by atoms with E-state index in [1.54, 1.807) is 12.1 Å². The van der Waals surface area contributed by atoms with Gasteiger partial charge in [-0.05, 0) is 30.7 Å². The number of alkyl halides is 1. The second-order valence-corrected chi connectivity index (χ2v) is 3.20. The highest BCUT2D eigenvalue weighted by Gasteiger charge is 2.10. The molecule has 0 atom stereocenters. The Morgan fingerprint density at radius 1 is 1.38 bits per heavy atom. The van der Waals surface area contributed by atoms with Gasteiger partial charge in [0.05, 0.1) is 0 Å². The molecule has 4 heteroatoms. The maximum atomic E-state index is 10.9. The number of hydrogen-bond acceptors (Lipinski definition) is 1. The number of carbonyl (C=O) groups excluding carboxylic acids is 1. The van der Waals surface area contributed by atoms with Crippen LogP contribution in [0.3, 0.4) is 0 Å². The van der Waals surface area contributed by atoms with Crippen LogP contribution in [-0.2, 0) is 0 Å². The zero-order valence-electron chi connectivity index (χ0n) is 7.13. The standard InChI is InChI=1S/C9H9Cl2NO/c1-7-2-4-8(5-3-7)12(6-10)9(11)13/h2-5H,6H2,1H3. The smallest absolute Gasteiger partial charge is 0.285 e. The molecule has 0 bridgehead atoms. The highest BCUT2D eigenvalue weighted by molar-refractivity contribution is 6.66. The van der Waals surface area contributed by atoms with Crippen LogP contribution in [0.4, 0.5) is 10.5 Å². The van der Waals surface area contributed by atoms with Crippen LogP contribution < -0.4 is 4.90 Å². The molecule has 1 aromatic rings. The van der Waals surface area contributed by atoms with Crippen LogP contribution in [0.2, 0.25) is 0 Å². The van der Waals surface area contributed by atoms with Gasteiger partial charge in [-0.25, -0.2) is 0 Å². The predicted octanol–water partition coefficient (Wildman–Crippen LogP) is 3.36. The Morgan fingerprint density at radius 2 is 1.92 bits per heavy atom. The molecule has 0 aliphatic rings. The van der Waals surface area contributed by atoms with E-state index in [4.69, 9.17) is 23.2 Å². The molecule has 0 radical (unpaired) electrons. The number of benzene rings is 1. The Balaban J connectivity index is 2.92. The molecule has 1 rings (SSSR count). The third-order valence-electron chi connectivity index (χ3n) is 1.68. The first-order valence-electron chi connectivity index (χ1n) is 3.75. The normalized spacial score (nSPS) is 9.77. The first-order valence-corrected chi connectivity index (χ1v) is 4.66. The van der Waals surface area contributed by atoms with Crippen molar-refractivity contribution < 1.29 is 4.79 Å². The Bertz CT molecular complexity index is 297. The summed E-state index contributed by atoms with van der Waals surface area (Å²) in [6.07, 6.45) is 0. The summed E-state index contributed by atoms with van der Waals surface area (Å²) < 4.78 is 0. The molecule has 0 aromatic heterocycles. The lowest BCUT2D eigenvalue weighted by Gasteiger charge is -2.15. The minimum atomic E-state index is -0.571. The van der Waals surface area contributed by atoms with Gasteiger partial charge in [0.1, 0.15) is 6.00 Å². The molecule has 0 aliphatic heterocycles. The van der Waals surface area contributed by atoms with Crippen molar-refractivity contribution in [3.05, 3.63) is 29.8 Å². The van der Waals surface area contributed by atoms with Gasteiger partial charge in [-0.15, -0.1) is 11.6 Å². The quantitative estimate of drug-likeness (QED) is 0.423. The van der Waals surface area contributed by atoms with Gasteiger partial charge < -0.3 is 0 Å². The SMILES string of the molecule is Cc1ccc(N(CCl)C(=O)Cl)cc1. The van der Waals surface area contributed by atoms with Gasteiger partial charge in [0, 0.05) is 5.69 Å². The molecule has 0 saturated heterocycles. The van der Waals surface area contributed by atoms with E-state index in [9.17, 15) is 4.79 Å². The molecular formula is C9H9Cl2NO. The van der Waals surface area contributed by atoms with Crippen LogP contribution in [-0.4, -0.2) is 11.4 Å². The van der Waals surface area contributed by atoms with Crippen LogP contribution in [0.5, 0.6) is 0 Å². The first-order chi connectivity index (χ1) is 6.15. The van der Waals surface area contributed by atoms with Crippen molar-refractivity contribution in [3.63, 3.8) is 0 Å². The van der Waals surface area contributed by atoms with E-state index in [0.29, 0.717) is 5.69 Å². The van der Waals surface area contributed by atoms with Crippen molar-refractivity contribution in [1.82, 2.24) is 0 Å². The maximum Gasteiger partial charge on any atom is 0.321 e. The lowest BCUT2D eigenvalue weighted by Crippen LogP contribution is -2.23. The fourth-order valence-corrected chi connectivity index (χ4v) is 1.41. The van der Waals surface area contributed by atoms with Crippen molar-refractivity contribution in [1.29, 1.82) is 0 Å². The number of halogens is 2. The average molecular weight is 218 g/mol. The number of anilines is 1. The number of rotatable bonds is 2. The zero-order chi connectivity index (χ0) is 9.84. The number of hydrogen-bond donors (Lipinski definition) is 0. The summed E-state index contributed by atoms with van der Waals surface area (Å²) in [4.78, 5) is 12.1. The van der Waals surface area contributed by atoms with Crippen LogP contribution in [0.25, 0.3) is 0 Å². The van der Waals surface area contributed by atoms with E-state index in [-0.39, 0.29) is 6.00 Å². The largest absolute Gasteiger partial charge is 0.321 e. The predicted molar refractivity (Wildman–Crippen MR) is 55.6 cm³/mol. The van der Waals surface area contributed by atoms with E-state index < -0.39 is 5.37 Å². The summed E-state index contributed by atoms with van der Waals surface area (Å²) >= 11 is 10.9. The monoisotopic (exact) mass is 217 g/mol. The van der Waals surface area contributed by atoms with Crippen molar-refractivity contribution in [3.8, 4) is 0 Å².